The molecule has 0 bridgehead atoms. The zero-order valence-corrected chi connectivity index (χ0v) is 25.6. The lowest BCUT2D eigenvalue weighted by molar-refractivity contribution is -0.153. The van der Waals surface area contributed by atoms with Crippen molar-refractivity contribution >= 4 is 5.97 Å². The van der Waals surface area contributed by atoms with Crippen LogP contribution in [0.25, 0.3) is 0 Å². The Morgan fingerprint density at radius 3 is 1.34 bits per heavy atom. The van der Waals surface area contributed by atoms with Gasteiger partial charge < -0.3 is 9.47 Å². The van der Waals surface area contributed by atoms with Crippen LogP contribution < -0.4 is 0 Å². The number of benzene rings is 3. The van der Waals surface area contributed by atoms with Gasteiger partial charge in [0, 0.05) is 6.42 Å². The van der Waals surface area contributed by atoms with Gasteiger partial charge in [-0.25, -0.2) is 0 Å². The predicted molar refractivity (Wildman–Crippen MR) is 171 cm³/mol. The highest BCUT2D eigenvalue weighted by atomic mass is 16.6. The minimum atomic E-state index is -0.806. The fourth-order valence-electron chi connectivity index (χ4n) is 5.62. The van der Waals surface area contributed by atoms with Gasteiger partial charge in [-0.05, 0) is 30.0 Å². The van der Waals surface area contributed by atoms with Crippen molar-refractivity contribution in [3.63, 3.8) is 0 Å². The second kappa shape index (κ2) is 19.3. The van der Waals surface area contributed by atoms with Crippen LogP contribution in [0.1, 0.15) is 120 Å². The summed E-state index contributed by atoms with van der Waals surface area (Å²) in [6.45, 7) is 4.49. The van der Waals surface area contributed by atoms with Crippen molar-refractivity contribution in [2.24, 2.45) is 0 Å². The lowest BCUT2D eigenvalue weighted by Gasteiger charge is -2.36. The Labute approximate surface area is 249 Å². The first-order valence-corrected chi connectivity index (χ1v) is 16.2. The van der Waals surface area contributed by atoms with Gasteiger partial charge in [0.15, 0.2) is 0 Å². The van der Waals surface area contributed by atoms with E-state index in [2.05, 4.69) is 43.3 Å². The van der Waals surface area contributed by atoms with Crippen LogP contribution in [-0.2, 0) is 19.9 Å². The molecule has 0 aliphatic heterocycles. The van der Waals surface area contributed by atoms with Crippen LogP contribution in [0.3, 0.4) is 0 Å². The molecule has 222 valence electrons. The fraction of sp³-hybridized carbons (Fsp3) is 0.500. The SMILES string of the molecule is CCCCCCCCCCCCCCCC(=O)O[C@H](C)COC(c1ccccc1)(c1ccccc1)c1ccccc1. The normalized spacial score (nSPS) is 12.2. The van der Waals surface area contributed by atoms with E-state index in [4.69, 9.17) is 9.47 Å². The van der Waals surface area contributed by atoms with Crippen LogP contribution in [0.5, 0.6) is 0 Å². The Morgan fingerprint density at radius 2 is 0.951 bits per heavy atom. The maximum Gasteiger partial charge on any atom is 0.306 e. The van der Waals surface area contributed by atoms with Gasteiger partial charge in [0.25, 0.3) is 0 Å². The molecule has 0 N–H and O–H groups in total. The third-order valence-corrected chi connectivity index (χ3v) is 7.89. The van der Waals surface area contributed by atoms with E-state index in [1.54, 1.807) is 0 Å². The van der Waals surface area contributed by atoms with Crippen molar-refractivity contribution < 1.29 is 14.3 Å². The van der Waals surface area contributed by atoms with Crippen LogP contribution in [0.2, 0.25) is 0 Å². The summed E-state index contributed by atoms with van der Waals surface area (Å²) in [7, 11) is 0. The van der Waals surface area contributed by atoms with Crippen molar-refractivity contribution in [2.75, 3.05) is 6.61 Å². The molecule has 3 heteroatoms. The number of hydrogen-bond acceptors (Lipinski definition) is 3. The van der Waals surface area contributed by atoms with E-state index in [1.807, 2.05) is 61.5 Å². The van der Waals surface area contributed by atoms with E-state index >= 15 is 0 Å². The first-order valence-electron chi connectivity index (χ1n) is 16.2. The van der Waals surface area contributed by atoms with Gasteiger partial charge in [0.2, 0.25) is 0 Å². The Bertz CT molecular complexity index is 968. The van der Waals surface area contributed by atoms with Crippen LogP contribution >= 0.6 is 0 Å². The fourth-order valence-corrected chi connectivity index (χ4v) is 5.62. The minimum Gasteiger partial charge on any atom is -0.460 e. The summed E-state index contributed by atoms with van der Waals surface area (Å²) >= 11 is 0. The molecule has 3 aromatic rings. The van der Waals surface area contributed by atoms with Crippen LogP contribution in [0, 0.1) is 0 Å². The monoisotopic (exact) mass is 556 g/mol. The molecule has 41 heavy (non-hydrogen) atoms. The van der Waals surface area contributed by atoms with Gasteiger partial charge in [-0.3, -0.25) is 4.79 Å². The maximum atomic E-state index is 12.6. The number of rotatable bonds is 21. The van der Waals surface area contributed by atoms with Crippen LogP contribution in [0.4, 0.5) is 0 Å². The summed E-state index contributed by atoms with van der Waals surface area (Å²) in [5.41, 5.74) is 2.33. The molecule has 3 nitrogen and oxygen atoms in total. The largest absolute Gasteiger partial charge is 0.460 e. The van der Waals surface area contributed by atoms with Crippen molar-refractivity contribution in [1.82, 2.24) is 0 Å². The van der Waals surface area contributed by atoms with Crippen molar-refractivity contribution in [3.8, 4) is 0 Å². The zero-order chi connectivity index (χ0) is 29.0. The van der Waals surface area contributed by atoms with E-state index in [1.165, 1.54) is 70.6 Å². The van der Waals surface area contributed by atoms with Gasteiger partial charge in [-0.2, -0.15) is 0 Å². The van der Waals surface area contributed by atoms with Crippen LogP contribution in [0.15, 0.2) is 91.0 Å². The number of esters is 1. The van der Waals surface area contributed by atoms with E-state index in [9.17, 15) is 4.79 Å². The first-order chi connectivity index (χ1) is 20.2. The molecule has 1 atom stereocenters. The number of ether oxygens (including phenoxy) is 2. The van der Waals surface area contributed by atoms with E-state index < -0.39 is 5.60 Å². The molecule has 3 aromatic carbocycles. The molecule has 3 rings (SSSR count). The van der Waals surface area contributed by atoms with Crippen molar-refractivity contribution in [2.45, 2.75) is 115 Å². The van der Waals surface area contributed by atoms with Gasteiger partial charge in [0.1, 0.15) is 11.7 Å². The number of carbonyl (C=O) groups excluding carboxylic acids is 1. The molecule has 0 aromatic heterocycles. The van der Waals surface area contributed by atoms with Gasteiger partial charge in [0.05, 0.1) is 6.61 Å². The van der Waals surface area contributed by atoms with E-state index in [0.29, 0.717) is 13.0 Å². The first kappa shape index (κ1) is 32.6. The summed E-state index contributed by atoms with van der Waals surface area (Å²) in [6.07, 6.45) is 16.9. The quantitative estimate of drug-likeness (QED) is 0.0744. The summed E-state index contributed by atoms with van der Waals surface area (Å²) in [5, 5.41) is 0. The second-order valence-corrected chi connectivity index (χ2v) is 11.4. The summed E-state index contributed by atoms with van der Waals surface area (Å²) < 4.78 is 12.6. The average Bonchev–Trinajstić information content (AvgIpc) is 3.01. The van der Waals surface area contributed by atoms with E-state index in [-0.39, 0.29) is 12.1 Å². The third-order valence-electron chi connectivity index (χ3n) is 7.89. The zero-order valence-electron chi connectivity index (χ0n) is 25.6. The van der Waals surface area contributed by atoms with Crippen molar-refractivity contribution in [3.05, 3.63) is 108 Å². The topological polar surface area (TPSA) is 35.5 Å². The Kier molecular flexibility index (Phi) is 15.3. The molecular formula is C38H52O3. The smallest absolute Gasteiger partial charge is 0.306 e. The van der Waals surface area contributed by atoms with Crippen LogP contribution in [-0.4, -0.2) is 18.7 Å². The number of hydrogen-bond donors (Lipinski definition) is 0. The molecule has 0 fully saturated rings. The summed E-state index contributed by atoms with van der Waals surface area (Å²) in [5.74, 6) is -0.131. The molecule has 0 saturated carbocycles. The predicted octanol–water partition coefficient (Wildman–Crippen LogP) is 10.4. The molecule has 0 aliphatic carbocycles. The van der Waals surface area contributed by atoms with Crippen molar-refractivity contribution in [1.29, 1.82) is 0 Å². The molecule has 0 saturated heterocycles. The molecule has 0 unspecified atom stereocenters. The highest BCUT2D eigenvalue weighted by molar-refractivity contribution is 5.69. The second-order valence-electron chi connectivity index (χ2n) is 11.4. The average molecular weight is 557 g/mol. The Morgan fingerprint density at radius 1 is 0.585 bits per heavy atom. The summed E-state index contributed by atoms with van der Waals surface area (Å²) in [6, 6.07) is 30.9. The number of unbranched alkanes of at least 4 members (excludes halogenated alkanes) is 12. The minimum absolute atomic E-state index is 0.131. The summed E-state index contributed by atoms with van der Waals surface area (Å²) in [4.78, 5) is 12.6. The standard InChI is InChI=1S/C38H52O3/c1-3-4-5-6-7-8-9-10-11-12-13-14-24-31-37(39)41-33(2)32-40-38(34-25-18-15-19-26-34,35-27-20-16-21-28-35)36-29-22-17-23-30-36/h15-23,25-30,33H,3-14,24,31-32H2,1-2H3/t33-/m1/s1. The molecule has 0 spiro atoms. The Hall–Kier alpha value is -2.91. The third kappa shape index (κ3) is 11.1. The lowest BCUT2D eigenvalue weighted by Crippen LogP contribution is -2.36. The lowest BCUT2D eigenvalue weighted by atomic mass is 9.80. The van der Waals surface area contributed by atoms with Gasteiger partial charge >= 0.3 is 5.97 Å². The molecule has 0 amide bonds. The van der Waals surface area contributed by atoms with Gasteiger partial charge in [-0.15, -0.1) is 0 Å². The maximum absolute atomic E-state index is 12.6. The molecular weight excluding hydrogens is 504 g/mol. The highest BCUT2D eigenvalue weighted by Gasteiger charge is 2.38. The Balaban J connectivity index is 1.43. The van der Waals surface area contributed by atoms with E-state index in [0.717, 1.165) is 29.5 Å². The number of carbonyl (C=O) groups is 1. The molecule has 0 radical (unpaired) electrons. The molecule has 0 aliphatic rings. The van der Waals surface area contributed by atoms with Gasteiger partial charge in [-0.1, -0.05) is 175 Å². The molecule has 0 heterocycles. The highest BCUT2D eigenvalue weighted by Crippen LogP contribution is 2.40.